The molecule has 0 aromatic carbocycles. The molecule has 0 spiro atoms. The van der Waals surface area contributed by atoms with Gasteiger partial charge in [0.15, 0.2) is 0 Å². The molecular formula is C15H24N2OS2. The van der Waals surface area contributed by atoms with Crippen LogP contribution < -0.4 is 5.32 Å². The predicted octanol–water partition coefficient (Wildman–Crippen LogP) is 3.41. The quantitative estimate of drug-likeness (QED) is 0.817. The van der Waals surface area contributed by atoms with E-state index in [1.165, 1.54) is 9.75 Å². The van der Waals surface area contributed by atoms with Crippen LogP contribution in [0.25, 0.3) is 0 Å². The summed E-state index contributed by atoms with van der Waals surface area (Å²) in [4.78, 5) is 17.3. The lowest BCUT2D eigenvalue weighted by molar-refractivity contribution is -0.133. The Hall–Kier alpha value is -0.520. The minimum absolute atomic E-state index is 0.0491. The summed E-state index contributed by atoms with van der Waals surface area (Å²) < 4.78 is 0. The van der Waals surface area contributed by atoms with Crippen LogP contribution in [0.2, 0.25) is 0 Å². The van der Waals surface area contributed by atoms with Crippen molar-refractivity contribution >= 4 is 29.0 Å². The van der Waals surface area contributed by atoms with Crippen LogP contribution in [0.1, 0.15) is 42.6 Å². The molecular weight excluding hydrogens is 288 g/mol. The molecule has 20 heavy (non-hydrogen) atoms. The Bertz CT molecular complexity index is 474. The molecule has 2 rings (SSSR count). The molecule has 1 N–H and O–H groups in total. The number of aryl methyl sites for hydroxylation is 1. The highest BCUT2D eigenvalue weighted by Gasteiger charge is 2.47. The third kappa shape index (κ3) is 3.05. The molecule has 2 atom stereocenters. The second-order valence-electron chi connectivity index (χ2n) is 5.53. The maximum Gasteiger partial charge on any atom is 0.244 e. The fraction of sp³-hybridized carbons (Fsp3) is 0.667. The van der Waals surface area contributed by atoms with Crippen LogP contribution in [0.3, 0.4) is 0 Å². The summed E-state index contributed by atoms with van der Waals surface area (Å²) in [5.41, 5.74) is -0.415. The Labute approximate surface area is 130 Å². The van der Waals surface area contributed by atoms with Crippen molar-refractivity contribution in [1.82, 2.24) is 10.2 Å². The molecule has 1 aliphatic heterocycles. The third-order valence-corrected chi connectivity index (χ3v) is 5.74. The van der Waals surface area contributed by atoms with E-state index in [2.05, 4.69) is 37.6 Å². The highest BCUT2D eigenvalue weighted by Crippen LogP contribution is 2.35. The number of amides is 1. The van der Waals surface area contributed by atoms with Gasteiger partial charge in [-0.1, -0.05) is 6.92 Å². The van der Waals surface area contributed by atoms with Crippen molar-refractivity contribution in [2.24, 2.45) is 0 Å². The Morgan fingerprint density at radius 3 is 2.80 bits per heavy atom. The summed E-state index contributed by atoms with van der Waals surface area (Å²) in [6.45, 7) is 7.05. The zero-order valence-electron chi connectivity index (χ0n) is 12.7. The average Bonchev–Trinajstić information content (AvgIpc) is 2.96. The number of hydrogen-bond acceptors (Lipinski definition) is 4. The molecule has 1 aromatic heterocycles. The molecule has 1 aromatic rings. The molecule has 0 bridgehead atoms. The van der Waals surface area contributed by atoms with Gasteiger partial charge in [-0.2, -0.15) is 11.8 Å². The lowest BCUT2D eigenvalue weighted by atomic mass is 9.99. The number of carbonyl (C=O) groups is 1. The van der Waals surface area contributed by atoms with E-state index in [0.717, 1.165) is 25.1 Å². The SMILES string of the molecule is CCC1(C)NC(c2ccc(C)s2)N(CCCSC)C1=O. The van der Waals surface area contributed by atoms with Crippen molar-refractivity contribution in [3.8, 4) is 0 Å². The van der Waals surface area contributed by atoms with Crippen LogP contribution in [0, 0.1) is 6.92 Å². The lowest BCUT2D eigenvalue weighted by Gasteiger charge is -2.23. The normalized spacial score (nSPS) is 26.5. The van der Waals surface area contributed by atoms with Crippen LogP contribution in [-0.2, 0) is 4.79 Å². The highest BCUT2D eigenvalue weighted by atomic mass is 32.2. The first-order valence-electron chi connectivity index (χ1n) is 7.16. The fourth-order valence-electron chi connectivity index (χ4n) is 2.56. The minimum Gasteiger partial charge on any atom is -0.320 e. The maximum absolute atomic E-state index is 12.7. The molecule has 3 nitrogen and oxygen atoms in total. The summed E-state index contributed by atoms with van der Waals surface area (Å²) in [5.74, 6) is 1.35. The van der Waals surface area contributed by atoms with E-state index in [1.807, 2.05) is 23.6 Å². The van der Waals surface area contributed by atoms with Crippen LogP contribution in [0.5, 0.6) is 0 Å². The summed E-state index contributed by atoms with van der Waals surface area (Å²) in [6.07, 6.45) is 4.04. The lowest BCUT2D eigenvalue weighted by Crippen LogP contribution is -2.43. The third-order valence-electron chi connectivity index (χ3n) is 3.99. The van der Waals surface area contributed by atoms with Gasteiger partial charge in [0.05, 0.1) is 5.54 Å². The molecule has 112 valence electrons. The summed E-state index contributed by atoms with van der Waals surface area (Å²) in [6, 6.07) is 4.28. The van der Waals surface area contributed by atoms with E-state index in [0.29, 0.717) is 0 Å². The van der Waals surface area contributed by atoms with Gasteiger partial charge < -0.3 is 4.90 Å². The fourth-order valence-corrected chi connectivity index (χ4v) is 3.92. The number of nitrogens with one attached hydrogen (secondary N) is 1. The Kier molecular flexibility index (Phi) is 5.15. The number of rotatable bonds is 6. The smallest absolute Gasteiger partial charge is 0.244 e. The predicted molar refractivity (Wildman–Crippen MR) is 88.3 cm³/mol. The van der Waals surface area contributed by atoms with Crippen molar-refractivity contribution in [1.29, 1.82) is 0 Å². The summed E-state index contributed by atoms with van der Waals surface area (Å²) in [7, 11) is 0. The van der Waals surface area contributed by atoms with Gasteiger partial charge in [-0.25, -0.2) is 0 Å². The molecule has 2 heterocycles. The van der Waals surface area contributed by atoms with Gasteiger partial charge in [-0.3, -0.25) is 10.1 Å². The largest absolute Gasteiger partial charge is 0.320 e. The molecule has 0 aliphatic carbocycles. The number of carbonyl (C=O) groups excluding carboxylic acids is 1. The van der Waals surface area contributed by atoms with Gasteiger partial charge in [-0.15, -0.1) is 11.3 Å². The molecule has 2 unspecified atom stereocenters. The Morgan fingerprint density at radius 2 is 2.25 bits per heavy atom. The maximum atomic E-state index is 12.7. The van der Waals surface area contributed by atoms with Crippen molar-refractivity contribution in [3.05, 3.63) is 21.9 Å². The van der Waals surface area contributed by atoms with Crippen molar-refractivity contribution < 1.29 is 4.79 Å². The van der Waals surface area contributed by atoms with E-state index < -0.39 is 5.54 Å². The molecule has 1 aliphatic rings. The molecule has 5 heteroatoms. The monoisotopic (exact) mass is 312 g/mol. The first kappa shape index (κ1) is 15.9. The van der Waals surface area contributed by atoms with E-state index in [-0.39, 0.29) is 12.1 Å². The van der Waals surface area contributed by atoms with Gasteiger partial charge in [0, 0.05) is 16.3 Å². The number of hydrogen-bond donors (Lipinski definition) is 1. The number of nitrogens with zero attached hydrogens (tertiary/aromatic N) is 1. The first-order chi connectivity index (χ1) is 9.51. The van der Waals surface area contributed by atoms with Crippen molar-refractivity contribution in [2.45, 2.75) is 45.3 Å². The van der Waals surface area contributed by atoms with E-state index in [9.17, 15) is 4.79 Å². The number of thiophene rings is 1. The minimum atomic E-state index is -0.415. The summed E-state index contributed by atoms with van der Waals surface area (Å²) >= 11 is 3.62. The average molecular weight is 313 g/mol. The molecule has 1 amide bonds. The van der Waals surface area contributed by atoms with Crippen LogP contribution >= 0.6 is 23.1 Å². The Morgan fingerprint density at radius 1 is 1.50 bits per heavy atom. The zero-order valence-corrected chi connectivity index (χ0v) is 14.4. The highest BCUT2D eigenvalue weighted by molar-refractivity contribution is 7.98. The zero-order chi connectivity index (χ0) is 14.8. The van der Waals surface area contributed by atoms with Crippen molar-refractivity contribution in [2.75, 3.05) is 18.6 Å². The molecule has 0 saturated carbocycles. The van der Waals surface area contributed by atoms with Gasteiger partial charge in [0.25, 0.3) is 0 Å². The second kappa shape index (κ2) is 6.50. The van der Waals surface area contributed by atoms with E-state index in [1.54, 1.807) is 11.3 Å². The van der Waals surface area contributed by atoms with Gasteiger partial charge in [-0.05, 0) is 50.8 Å². The summed E-state index contributed by atoms with van der Waals surface area (Å²) in [5, 5.41) is 3.55. The van der Waals surface area contributed by atoms with Crippen LogP contribution in [-0.4, -0.2) is 34.9 Å². The standard InChI is InChI=1S/C15H24N2OS2/c1-5-15(3)14(18)17(9-6-10-19-4)13(16-15)12-8-7-11(2)20-12/h7-8,13,16H,5-6,9-10H2,1-4H3. The molecule has 0 radical (unpaired) electrons. The molecule has 1 saturated heterocycles. The Balaban J connectivity index is 2.20. The van der Waals surface area contributed by atoms with Crippen molar-refractivity contribution in [3.63, 3.8) is 0 Å². The van der Waals surface area contributed by atoms with E-state index in [4.69, 9.17) is 0 Å². The topological polar surface area (TPSA) is 32.3 Å². The van der Waals surface area contributed by atoms with Gasteiger partial charge in [0.1, 0.15) is 6.17 Å². The molecule has 1 fully saturated rings. The van der Waals surface area contributed by atoms with E-state index >= 15 is 0 Å². The first-order valence-corrected chi connectivity index (χ1v) is 9.37. The van der Waals surface area contributed by atoms with Gasteiger partial charge >= 0.3 is 0 Å². The number of thioether (sulfide) groups is 1. The van der Waals surface area contributed by atoms with Crippen LogP contribution in [0.4, 0.5) is 0 Å². The van der Waals surface area contributed by atoms with Crippen LogP contribution in [0.15, 0.2) is 12.1 Å². The van der Waals surface area contributed by atoms with Gasteiger partial charge in [0.2, 0.25) is 5.91 Å². The second-order valence-corrected chi connectivity index (χ2v) is 7.83.